The Morgan fingerprint density at radius 1 is 1.32 bits per heavy atom. The van der Waals surface area contributed by atoms with Crippen molar-refractivity contribution >= 4 is 33.4 Å². The summed E-state index contributed by atoms with van der Waals surface area (Å²) in [7, 11) is -3.55. The number of benzene rings is 1. The van der Waals surface area contributed by atoms with E-state index < -0.39 is 10.0 Å². The van der Waals surface area contributed by atoms with Gasteiger partial charge in [0, 0.05) is 17.4 Å². The van der Waals surface area contributed by atoms with Gasteiger partial charge in [-0.2, -0.15) is 0 Å². The molecule has 0 aliphatic heterocycles. The minimum atomic E-state index is -3.55. The summed E-state index contributed by atoms with van der Waals surface area (Å²) in [5, 5.41) is 2.79. The highest BCUT2D eigenvalue weighted by Gasteiger charge is 2.17. The van der Waals surface area contributed by atoms with E-state index in [2.05, 4.69) is 10.0 Å². The minimum absolute atomic E-state index is 0.135. The Balaban J connectivity index is 3.06. The van der Waals surface area contributed by atoms with Crippen LogP contribution in [0, 0.1) is 5.92 Å². The van der Waals surface area contributed by atoms with Crippen molar-refractivity contribution in [2.45, 2.75) is 43.4 Å². The van der Waals surface area contributed by atoms with Gasteiger partial charge in [-0.05, 0) is 30.9 Å². The first-order valence-corrected chi connectivity index (χ1v) is 10.0. The first-order valence-electron chi connectivity index (χ1n) is 7.30. The molecular weight excluding hydrogens is 320 g/mol. The molecule has 7 heteroatoms. The van der Waals surface area contributed by atoms with Gasteiger partial charge in [-0.15, -0.1) is 11.8 Å². The van der Waals surface area contributed by atoms with Gasteiger partial charge in [0.05, 0.1) is 10.6 Å². The summed E-state index contributed by atoms with van der Waals surface area (Å²) in [6.07, 6.45) is 3.59. The molecule has 0 saturated heterocycles. The van der Waals surface area contributed by atoms with Crippen LogP contribution >= 0.6 is 11.8 Å². The van der Waals surface area contributed by atoms with Gasteiger partial charge >= 0.3 is 0 Å². The van der Waals surface area contributed by atoms with Gasteiger partial charge in [0.25, 0.3) is 0 Å². The number of unbranched alkanes of at least 4 members (excludes halogenated alkanes) is 1. The van der Waals surface area contributed by atoms with E-state index in [1.54, 1.807) is 26.0 Å². The summed E-state index contributed by atoms with van der Waals surface area (Å²) in [4.78, 5) is 12.9. The third-order valence-electron chi connectivity index (χ3n) is 3.09. The van der Waals surface area contributed by atoms with E-state index in [9.17, 15) is 13.2 Å². The molecule has 0 atom stereocenters. The molecular formula is C15H24N2O3S2. The van der Waals surface area contributed by atoms with Crippen molar-refractivity contribution in [2.24, 2.45) is 5.92 Å². The van der Waals surface area contributed by atoms with Crippen LogP contribution in [0.1, 0.15) is 33.6 Å². The number of carbonyl (C=O) groups is 1. The summed E-state index contributed by atoms with van der Waals surface area (Å²) in [6, 6.07) is 4.79. The number of hydrogen-bond acceptors (Lipinski definition) is 4. The van der Waals surface area contributed by atoms with Crippen molar-refractivity contribution in [3.8, 4) is 0 Å². The molecule has 0 aromatic heterocycles. The fourth-order valence-electron chi connectivity index (χ4n) is 1.70. The van der Waals surface area contributed by atoms with Crippen LogP contribution in [0.15, 0.2) is 28.0 Å². The number of anilines is 1. The molecule has 2 N–H and O–H groups in total. The molecule has 0 aliphatic carbocycles. The van der Waals surface area contributed by atoms with Crippen molar-refractivity contribution in [1.29, 1.82) is 0 Å². The van der Waals surface area contributed by atoms with Crippen molar-refractivity contribution in [3.63, 3.8) is 0 Å². The molecule has 0 radical (unpaired) electrons. The molecule has 0 bridgehead atoms. The van der Waals surface area contributed by atoms with E-state index in [4.69, 9.17) is 0 Å². The summed E-state index contributed by atoms with van der Waals surface area (Å²) >= 11 is 1.46. The van der Waals surface area contributed by atoms with E-state index >= 15 is 0 Å². The maximum Gasteiger partial charge on any atom is 0.240 e. The monoisotopic (exact) mass is 344 g/mol. The molecule has 0 fully saturated rings. The highest BCUT2D eigenvalue weighted by molar-refractivity contribution is 7.98. The van der Waals surface area contributed by atoms with Gasteiger partial charge in [-0.3, -0.25) is 4.79 Å². The van der Waals surface area contributed by atoms with Crippen molar-refractivity contribution in [2.75, 3.05) is 18.1 Å². The second-order valence-corrected chi connectivity index (χ2v) is 7.87. The molecule has 22 heavy (non-hydrogen) atoms. The maximum atomic E-state index is 12.2. The van der Waals surface area contributed by atoms with E-state index in [1.165, 1.54) is 17.8 Å². The number of sulfonamides is 1. The normalized spacial score (nSPS) is 11.7. The SMILES string of the molecule is CCCCNS(=O)(=O)c1ccc(SC)c(NC(=O)C(C)C)c1. The second-order valence-electron chi connectivity index (χ2n) is 5.26. The van der Waals surface area contributed by atoms with Crippen molar-refractivity contribution in [1.82, 2.24) is 4.72 Å². The van der Waals surface area contributed by atoms with Crippen molar-refractivity contribution < 1.29 is 13.2 Å². The molecule has 0 saturated carbocycles. The van der Waals surface area contributed by atoms with Gasteiger partial charge in [0.1, 0.15) is 0 Å². The van der Waals surface area contributed by atoms with E-state index in [1.807, 2.05) is 13.2 Å². The number of nitrogens with one attached hydrogen (secondary N) is 2. The predicted molar refractivity (Wildman–Crippen MR) is 91.8 cm³/mol. The largest absolute Gasteiger partial charge is 0.325 e. The zero-order valence-electron chi connectivity index (χ0n) is 13.5. The van der Waals surface area contributed by atoms with Crippen molar-refractivity contribution in [3.05, 3.63) is 18.2 Å². The van der Waals surface area contributed by atoms with Crippen LogP contribution in [-0.4, -0.2) is 27.1 Å². The number of rotatable bonds is 8. The Bertz CT molecular complexity index is 613. The molecule has 0 heterocycles. The molecule has 5 nitrogen and oxygen atoms in total. The van der Waals surface area contributed by atoms with Crippen LogP contribution in [0.2, 0.25) is 0 Å². The molecule has 0 aliphatic rings. The fraction of sp³-hybridized carbons (Fsp3) is 0.533. The van der Waals surface area contributed by atoms with Gasteiger partial charge in [-0.1, -0.05) is 27.2 Å². The lowest BCUT2D eigenvalue weighted by Gasteiger charge is -2.13. The van der Waals surface area contributed by atoms with Gasteiger partial charge in [0.15, 0.2) is 0 Å². The zero-order valence-corrected chi connectivity index (χ0v) is 15.1. The number of amides is 1. The second kappa shape index (κ2) is 8.55. The predicted octanol–water partition coefficient (Wildman–Crippen LogP) is 3.08. The Hall–Kier alpha value is -1.05. The first kappa shape index (κ1) is 19.0. The summed E-state index contributed by atoms with van der Waals surface area (Å²) < 4.78 is 27.1. The quantitative estimate of drug-likeness (QED) is 0.561. The Morgan fingerprint density at radius 2 is 2.00 bits per heavy atom. The standard InChI is InChI=1S/C15H24N2O3S2/c1-5-6-9-16-22(19,20)12-7-8-14(21-4)13(10-12)17-15(18)11(2)3/h7-8,10-11,16H,5-6,9H2,1-4H3,(H,17,18). The highest BCUT2D eigenvalue weighted by atomic mass is 32.2. The number of hydrogen-bond donors (Lipinski definition) is 2. The lowest BCUT2D eigenvalue weighted by atomic mass is 10.2. The van der Waals surface area contributed by atoms with Crippen LogP contribution in [-0.2, 0) is 14.8 Å². The maximum absolute atomic E-state index is 12.2. The molecule has 124 valence electrons. The minimum Gasteiger partial charge on any atom is -0.325 e. The van der Waals surface area contributed by atoms with E-state index in [0.29, 0.717) is 12.2 Å². The van der Waals surface area contributed by atoms with E-state index in [-0.39, 0.29) is 16.7 Å². The third kappa shape index (κ3) is 5.30. The van der Waals surface area contributed by atoms with Crippen LogP contribution in [0.3, 0.4) is 0 Å². The average molecular weight is 345 g/mol. The van der Waals surface area contributed by atoms with Crippen LogP contribution in [0.25, 0.3) is 0 Å². The summed E-state index contributed by atoms with van der Waals surface area (Å²) in [5.74, 6) is -0.304. The summed E-state index contributed by atoms with van der Waals surface area (Å²) in [6.45, 7) is 6.00. The van der Waals surface area contributed by atoms with Gasteiger partial charge in [-0.25, -0.2) is 13.1 Å². The third-order valence-corrected chi connectivity index (χ3v) is 5.34. The summed E-state index contributed by atoms with van der Waals surface area (Å²) in [5.41, 5.74) is 0.532. The van der Waals surface area contributed by atoms with Gasteiger partial charge in [0.2, 0.25) is 15.9 Å². The van der Waals surface area contributed by atoms with Crippen LogP contribution in [0.5, 0.6) is 0 Å². The molecule has 1 rings (SSSR count). The highest BCUT2D eigenvalue weighted by Crippen LogP contribution is 2.28. The molecule has 1 amide bonds. The van der Waals surface area contributed by atoms with Crippen LogP contribution < -0.4 is 10.0 Å². The zero-order chi connectivity index (χ0) is 16.8. The molecule has 1 aromatic carbocycles. The average Bonchev–Trinajstić information content (AvgIpc) is 2.47. The topological polar surface area (TPSA) is 75.3 Å². The smallest absolute Gasteiger partial charge is 0.240 e. The Labute approximate surface area is 137 Å². The van der Waals surface area contributed by atoms with E-state index in [0.717, 1.165) is 17.7 Å². The van der Waals surface area contributed by atoms with Crippen LogP contribution in [0.4, 0.5) is 5.69 Å². The lowest BCUT2D eigenvalue weighted by Crippen LogP contribution is -2.25. The Morgan fingerprint density at radius 3 is 2.55 bits per heavy atom. The number of carbonyl (C=O) groups excluding carboxylic acids is 1. The number of thioether (sulfide) groups is 1. The lowest BCUT2D eigenvalue weighted by molar-refractivity contribution is -0.118. The molecule has 0 spiro atoms. The first-order chi connectivity index (χ1) is 10.3. The fourth-order valence-corrected chi connectivity index (χ4v) is 3.33. The molecule has 0 unspecified atom stereocenters. The van der Waals surface area contributed by atoms with Gasteiger partial charge < -0.3 is 5.32 Å². The molecule has 1 aromatic rings. The Kier molecular flexibility index (Phi) is 7.38.